The normalized spacial score (nSPS) is 10.6. The molecule has 4 aromatic rings. The molecular weight excluding hydrogens is 302 g/mol. The zero-order valence-corrected chi connectivity index (χ0v) is 12.5. The summed E-state index contributed by atoms with van der Waals surface area (Å²) in [4.78, 5) is 12.3. The third kappa shape index (κ3) is 2.38. The number of ether oxygens (including phenoxy) is 1. The number of rotatable bonds is 2. The molecule has 0 spiro atoms. The molecular formula is C20H11NO3. The molecule has 114 valence electrons. The molecule has 0 fully saturated rings. The maximum atomic E-state index is 12.3. The van der Waals surface area contributed by atoms with E-state index in [4.69, 9.17) is 14.4 Å². The van der Waals surface area contributed by atoms with Crippen LogP contribution in [-0.2, 0) is 0 Å². The van der Waals surface area contributed by atoms with Gasteiger partial charge in [-0.15, -0.1) is 0 Å². The Balaban J connectivity index is 1.70. The topological polar surface area (TPSA) is 63.2 Å². The summed E-state index contributed by atoms with van der Waals surface area (Å²) < 4.78 is 11.2. The van der Waals surface area contributed by atoms with Crippen molar-refractivity contribution in [1.29, 1.82) is 5.26 Å². The second-order valence-electron chi connectivity index (χ2n) is 5.34. The Morgan fingerprint density at radius 2 is 1.75 bits per heavy atom. The zero-order valence-electron chi connectivity index (χ0n) is 12.5. The molecule has 3 aromatic carbocycles. The first-order valence-electron chi connectivity index (χ1n) is 7.38. The molecule has 0 N–H and O–H groups in total. The fraction of sp³-hybridized carbons (Fsp3) is 0. The van der Waals surface area contributed by atoms with Crippen LogP contribution in [0.4, 0.5) is 0 Å². The predicted molar refractivity (Wildman–Crippen MR) is 89.8 cm³/mol. The van der Waals surface area contributed by atoms with Gasteiger partial charge in [-0.25, -0.2) is 4.79 Å². The maximum Gasteiger partial charge on any atom is 0.343 e. The zero-order chi connectivity index (χ0) is 16.5. The summed E-state index contributed by atoms with van der Waals surface area (Å²) in [5.74, 6) is -0.0688. The van der Waals surface area contributed by atoms with Crippen LogP contribution < -0.4 is 4.74 Å². The van der Waals surface area contributed by atoms with Gasteiger partial charge >= 0.3 is 5.97 Å². The lowest BCUT2D eigenvalue weighted by Crippen LogP contribution is -2.08. The fourth-order valence-electron chi connectivity index (χ4n) is 2.65. The molecule has 0 unspecified atom stereocenters. The number of esters is 1. The van der Waals surface area contributed by atoms with E-state index in [1.807, 2.05) is 30.3 Å². The summed E-state index contributed by atoms with van der Waals surface area (Å²) in [6.07, 6.45) is 0. The Morgan fingerprint density at radius 3 is 2.62 bits per heavy atom. The van der Waals surface area contributed by atoms with Gasteiger partial charge in [0.15, 0.2) is 0 Å². The SMILES string of the molecule is N#Cc1cccc(C(=O)Oc2ccc3oc4ccccc4c3c2)c1. The quantitative estimate of drug-likeness (QED) is 0.398. The number of para-hydroxylation sites is 1. The molecule has 4 heteroatoms. The molecule has 0 saturated heterocycles. The third-order valence-corrected chi connectivity index (χ3v) is 3.79. The Labute approximate surface area is 137 Å². The van der Waals surface area contributed by atoms with E-state index in [0.29, 0.717) is 16.9 Å². The van der Waals surface area contributed by atoms with Crippen LogP contribution in [0.5, 0.6) is 5.75 Å². The Bertz CT molecular complexity index is 1120. The van der Waals surface area contributed by atoms with Gasteiger partial charge in [0.05, 0.1) is 17.2 Å². The van der Waals surface area contributed by atoms with E-state index >= 15 is 0 Å². The molecule has 0 amide bonds. The molecule has 1 heterocycles. The van der Waals surface area contributed by atoms with E-state index in [2.05, 4.69) is 0 Å². The molecule has 1 aromatic heterocycles. The molecule has 0 radical (unpaired) electrons. The van der Waals surface area contributed by atoms with Crippen molar-refractivity contribution in [3.63, 3.8) is 0 Å². The van der Waals surface area contributed by atoms with Crippen molar-refractivity contribution in [1.82, 2.24) is 0 Å². The number of hydrogen-bond donors (Lipinski definition) is 0. The van der Waals surface area contributed by atoms with Crippen molar-refractivity contribution in [2.45, 2.75) is 0 Å². The van der Waals surface area contributed by atoms with Gasteiger partial charge in [0.2, 0.25) is 0 Å². The minimum absolute atomic E-state index is 0.339. The summed E-state index contributed by atoms with van der Waals surface area (Å²) in [5, 5.41) is 10.8. The second-order valence-corrected chi connectivity index (χ2v) is 5.34. The van der Waals surface area contributed by atoms with Crippen molar-refractivity contribution < 1.29 is 13.9 Å². The average Bonchev–Trinajstić information content (AvgIpc) is 3.00. The van der Waals surface area contributed by atoms with E-state index in [1.165, 1.54) is 6.07 Å². The number of fused-ring (bicyclic) bond motifs is 3. The summed E-state index contributed by atoms with van der Waals surface area (Å²) in [6.45, 7) is 0. The van der Waals surface area contributed by atoms with Crippen molar-refractivity contribution >= 4 is 27.9 Å². The number of hydrogen-bond acceptors (Lipinski definition) is 4. The first kappa shape index (κ1) is 14.0. The minimum atomic E-state index is -0.501. The van der Waals surface area contributed by atoms with Crippen LogP contribution in [0.2, 0.25) is 0 Å². The first-order valence-corrected chi connectivity index (χ1v) is 7.38. The lowest BCUT2D eigenvalue weighted by Gasteiger charge is -2.04. The van der Waals surface area contributed by atoms with Crippen LogP contribution in [0.1, 0.15) is 15.9 Å². The summed E-state index contributed by atoms with van der Waals surface area (Å²) in [7, 11) is 0. The molecule has 0 atom stereocenters. The minimum Gasteiger partial charge on any atom is -0.456 e. The van der Waals surface area contributed by atoms with Gasteiger partial charge in [0.1, 0.15) is 16.9 Å². The summed E-state index contributed by atoms with van der Waals surface area (Å²) >= 11 is 0. The van der Waals surface area contributed by atoms with E-state index in [1.54, 1.807) is 36.4 Å². The van der Waals surface area contributed by atoms with Crippen molar-refractivity contribution in [3.05, 3.63) is 77.9 Å². The van der Waals surface area contributed by atoms with Gasteiger partial charge in [-0.05, 0) is 42.5 Å². The molecule has 0 aliphatic heterocycles. The van der Waals surface area contributed by atoms with Gasteiger partial charge in [-0.3, -0.25) is 0 Å². The van der Waals surface area contributed by atoms with Gasteiger partial charge in [0, 0.05) is 10.8 Å². The Morgan fingerprint density at radius 1 is 0.917 bits per heavy atom. The summed E-state index contributed by atoms with van der Waals surface area (Å²) in [6, 6.07) is 21.4. The first-order chi connectivity index (χ1) is 11.7. The predicted octanol–water partition coefficient (Wildman–Crippen LogP) is 4.68. The molecule has 0 bridgehead atoms. The molecule has 4 rings (SSSR count). The standard InChI is InChI=1S/C20H11NO3/c21-12-13-4-3-5-14(10-13)20(22)23-15-8-9-19-17(11-15)16-6-1-2-7-18(16)24-19/h1-11H. The van der Waals surface area contributed by atoms with Crippen LogP contribution in [0.3, 0.4) is 0 Å². The van der Waals surface area contributed by atoms with Crippen LogP contribution >= 0.6 is 0 Å². The number of nitriles is 1. The molecule has 24 heavy (non-hydrogen) atoms. The number of benzene rings is 3. The number of carbonyl (C=O) groups excluding carboxylic acids is 1. The third-order valence-electron chi connectivity index (χ3n) is 3.79. The fourth-order valence-corrected chi connectivity index (χ4v) is 2.65. The number of carbonyl (C=O) groups is 1. The lowest BCUT2D eigenvalue weighted by molar-refractivity contribution is 0.0735. The maximum absolute atomic E-state index is 12.3. The van der Waals surface area contributed by atoms with Crippen molar-refractivity contribution in [2.24, 2.45) is 0 Å². The number of nitrogens with zero attached hydrogens (tertiary/aromatic N) is 1. The molecule has 4 nitrogen and oxygen atoms in total. The summed E-state index contributed by atoms with van der Waals surface area (Å²) in [5.41, 5.74) is 2.28. The lowest BCUT2D eigenvalue weighted by atomic mass is 10.1. The van der Waals surface area contributed by atoms with Crippen LogP contribution in [0.15, 0.2) is 71.1 Å². The van der Waals surface area contributed by atoms with Crippen molar-refractivity contribution in [2.75, 3.05) is 0 Å². The second kappa shape index (κ2) is 5.56. The molecule has 0 aliphatic rings. The Hall–Kier alpha value is -3.58. The van der Waals surface area contributed by atoms with E-state index in [0.717, 1.165) is 21.9 Å². The molecule has 0 saturated carbocycles. The van der Waals surface area contributed by atoms with Gasteiger partial charge in [-0.2, -0.15) is 5.26 Å². The smallest absolute Gasteiger partial charge is 0.343 e. The number of furan rings is 1. The largest absolute Gasteiger partial charge is 0.456 e. The average molecular weight is 313 g/mol. The van der Waals surface area contributed by atoms with Crippen LogP contribution in [0, 0.1) is 11.3 Å². The van der Waals surface area contributed by atoms with E-state index in [-0.39, 0.29) is 0 Å². The van der Waals surface area contributed by atoms with E-state index in [9.17, 15) is 4.79 Å². The van der Waals surface area contributed by atoms with Crippen LogP contribution in [-0.4, -0.2) is 5.97 Å². The Kier molecular flexibility index (Phi) is 3.25. The molecule has 0 aliphatic carbocycles. The highest BCUT2D eigenvalue weighted by Crippen LogP contribution is 2.31. The highest BCUT2D eigenvalue weighted by atomic mass is 16.5. The van der Waals surface area contributed by atoms with Gasteiger partial charge in [0.25, 0.3) is 0 Å². The van der Waals surface area contributed by atoms with Gasteiger partial charge < -0.3 is 9.15 Å². The van der Waals surface area contributed by atoms with Crippen molar-refractivity contribution in [3.8, 4) is 11.8 Å². The van der Waals surface area contributed by atoms with Crippen LogP contribution in [0.25, 0.3) is 21.9 Å². The monoisotopic (exact) mass is 313 g/mol. The highest BCUT2D eigenvalue weighted by molar-refractivity contribution is 6.05. The van der Waals surface area contributed by atoms with Gasteiger partial charge in [-0.1, -0.05) is 24.3 Å². The van der Waals surface area contributed by atoms with E-state index < -0.39 is 5.97 Å². The highest BCUT2D eigenvalue weighted by Gasteiger charge is 2.12.